The highest BCUT2D eigenvalue weighted by molar-refractivity contribution is 9.10. The number of nitrogen functional groups attached to an aromatic ring is 1. The molecule has 0 amide bonds. The van der Waals surface area contributed by atoms with Crippen molar-refractivity contribution in [2.75, 3.05) is 5.73 Å². The van der Waals surface area contributed by atoms with Crippen LogP contribution in [0.2, 0.25) is 0 Å². The van der Waals surface area contributed by atoms with Gasteiger partial charge in [-0.05, 0) is 30.7 Å². The number of nitrogens with two attached hydrogens (primary N) is 1. The molecule has 0 radical (unpaired) electrons. The van der Waals surface area contributed by atoms with Crippen LogP contribution in [-0.2, 0) is 0 Å². The first-order valence-electron chi connectivity index (χ1n) is 5.16. The summed E-state index contributed by atoms with van der Waals surface area (Å²) in [6.07, 6.45) is 0. The Bertz CT molecular complexity index is 579. The number of hydrogen-bond acceptors (Lipinski definition) is 2. The van der Waals surface area contributed by atoms with Crippen LogP contribution in [0.15, 0.2) is 34.8 Å². The van der Waals surface area contributed by atoms with Gasteiger partial charge >= 0.3 is 0 Å². The van der Waals surface area contributed by atoms with Gasteiger partial charge in [0.25, 0.3) is 0 Å². The summed E-state index contributed by atoms with van der Waals surface area (Å²) >= 11 is 3.30. The molecule has 0 spiro atoms. The quantitative estimate of drug-likeness (QED) is 0.833. The van der Waals surface area contributed by atoms with E-state index in [0.717, 1.165) is 22.2 Å². The molecule has 0 heterocycles. The molecule has 2 aromatic carbocycles. The average molecular weight is 314 g/mol. The summed E-state index contributed by atoms with van der Waals surface area (Å²) in [7, 11) is 0. The number of ether oxygens (including phenoxy) is 1. The van der Waals surface area contributed by atoms with Gasteiger partial charge in [-0.25, -0.2) is 8.78 Å². The van der Waals surface area contributed by atoms with E-state index in [-0.39, 0.29) is 5.69 Å². The molecule has 0 bridgehead atoms. The third-order valence-electron chi connectivity index (χ3n) is 2.37. The van der Waals surface area contributed by atoms with Gasteiger partial charge in [-0.15, -0.1) is 0 Å². The molecule has 0 unspecified atom stereocenters. The topological polar surface area (TPSA) is 35.2 Å². The van der Waals surface area contributed by atoms with Crippen LogP contribution in [0.1, 0.15) is 5.56 Å². The van der Waals surface area contributed by atoms with Crippen LogP contribution in [0.5, 0.6) is 11.5 Å². The minimum Gasteiger partial charge on any atom is -0.451 e. The van der Waals surface area contributed by atoms with Crippen molar-refractivity contribution in [3.63, 3.8) is 0 Å². The lowest BCUT2D eigenvalue weighted by atomic mass is 10.2. The normalized spacial score (nSPS) is 10.4. The summed E-state index contributed by atoms with van der Waals surface area (Å²) in [4.78, 5) is 0. The van der Waals surface area contributed by atoms with E-state index < -0.39 is 17.4 Å². The number of hydrogen-bond donors (Lipinski definition) is 1. The molecule has 0 saturated carbocycles. The maximum absolute atomic E-state index is 13.6. The summed E-state index contributed by atoms with van der Waals surface area (Å²) in [5.74, 6) is -1.71. The molecule has 0 fully saturated rings. The van der Waals surface area contributed by atoms with E-state index >= 15 is 0 Å². The Morgan fingerprint density at radius 3 is 2.28 bits per heavy atom. The van der Waals surface area contributed by atoms with Gasteiger partial charge in [0, 0.05) is 22.3 Å². The third-order valence-corrected chi connectivity index (χ3v) is 2.86. The summed E-state index contributed by atoms with van der Waals surface area (Å²) in [6, 6.07) is 7.20. The van der Waals surface area contributed by atoms with Crippen molar-refractivity contribution in [1.29, 1.82) is 0 Å². The number of halogens is 3. The summed E-state index contributed by atoms with van der Waals surface area (Å²) in [5, 5.41) is 0. The summed E-state index contributed by atoms with van der Waals surface area (Å²) in [6.45, 7) is 1.78. The molecule has 2 aromatic rings. The highest BCUT2D eigenvalue weighted by atomic mass is 79.9. The Hall–Kier alpha value is -1.62. The monoisotopic (exact) mass is 313 g/mol. The predicted molar refractivity (Wildman–Crippen MR) is 69.7 cm³/mol. The van der Waals surface area contributed by atoms with E-state index in [2.05, 4.69) is 15.9 Å². The van der Waals surface area contributed by atoms with Crippen molar-refractivity contribution in [3.05, 3.63) is 52.0 Å². The molecule has 2 N–H and O–H groups in total. The first kappa shape index (κ1) is 12.8. The van der Waals surface area contributed by atoms with E-state index in [1.54, 1.807) is 25.1 Å². The van der Waals surface area contributed by atoms with Gasteiger partial charge in [0.1, 0.15) is 5.75 Å². The molecular weight excluding hydrogens is 304 g/mol. The fraction of sp³-hybridized carbons (Fsp3) is 0.0769. The number of benzene rings is 2. The van der Waals surface area contributed by atoms with Crippen molar-refractivity contribution < 1.29 is 13.5 Å². The highest BCUT2D eigenvalue weighted by Gasteiger charge is 2.13. The second-order valence-electron chi connectivity index (χ2n) is 3.83. The van der Waals surface area contributed by atoms with Crippen LogP contribution >= 0.6 is 15.9 Å². The van der Waals surface area contributed by atoms with E-state index in [1.165, 1.54) is 0 Å². The second kappa shape index (κ2) is 4.94. The van der Waals surface area contributed by atoms with Crippen LogP contribution in [0, 0.1) is 18.6 Å². The van der Waals surface area contributed by atoms with Crippen LogP contribution in [0.4, 0.5) is 14.5 Å². The molecule has 18 heavy (non-hydrogen) atoms. The van der Waals surface area contributed by atoms with Crippen molar-refractivity contribution in [1.82, 2.24) is 0 Å². The fourth-order valence-corrected chi connectivity index (χ4v) is 1.99. The molecule has 0 aliphatic carbocycles. The maximum Gasteiger partial charge on any atom is 0.198 e. The van der Waals surface area contributed by atoms with Gasteiger partial charge in [-0.2, -0.15) is 0 Å². The predicted octanol–water partition coefficient (Wildman–Crippen LogP) is 4.41. The van der Waals surface area contributed by atoms with Crippen LogP contribution in [0.25, 0.3) is 0 Å². The number of rotatable bonds is 2. The standard InChI is InChI=1S/C13H10BrF2NO/c1-7-4-8(14)2-3-12(7)18-13-10(15)5-9(17)6-11(13)16/h2-6H,17H2,1H3. The van der Waals surface area contributed by atoms with Gasteiger partial charge in [-0.1, -0.05) is 15.9 Å². The Balaban J connectivity index is 2.40. The Morgan fingerprint density at radius 1 is 1.11 bits per heavy atom. The third kappa shape index (κ3) is 2.61. The average Bonchev–Trinajstić information content (AvgIpc) is 2.25. The van der Waals surface area contributed by atoms with E-state index in [0.29, 0.717) is 5.75 Å². The van der Waals surface area contributed by atoms with Crippen molar-refractivity contribution >= 4 is 21.6 Å². The Labute approximate surface area is 112 Å². The molecule has 0 saturated heterocycles. The SMILES string of the molecule is Cc1cc(Br)ccc1Oc1c(F)cc(N)cc1F. The fourth-order valence-electron chi connectivity index (χ4n) is 1.51. The lowest BCUT2D eigenvalue weighted by Crippen LogP contribution is -1.96. The van der Waals surface area contributed by atoms with Crippen molar-refractivity contribution in [2.45, 2.75) is 6.92 Å². The maximum atomic E-state index is 13.6. The lowest BCUT2D eigenvalue weighted by Gasteiger charge is -2.11. The Kier molecular flexibility index (Phi) is 3.52. The van der Waals surface area contributed by atoms with Crippen molar-refractivity contribution in [3.8, 4) is 11.5 Å². The minimum absolute atomic E-state index is 0.0184. The molecule has 0 aromatic heterocycles. The van der Waals surface area contributed by atoms with E-state index in [1.807, 2.05) is 0 Å². The highest BCUT2D eigenvalue weighted by Crippen LogP contribution is 2.32. The first-order valence-corrected chi connectivity index (χ1v) is 5.95. The summed E-state index contributed by atoms with van der Waals surface area (Å²) < 4.78 is 33.2. The van der Waals surface area contributed by atoms with Crippen LogP contribution < -0.4 is 10.5 Å². The molecular formula is C13H10BrF2NO. The second-order valence-corrected chi connectivity index (χ2v) is 4.74. The van der Waals surface area contributed by atoms with Crippen LogP contribution in [0.3, 0.4) is 0 Å². The van der Waals surface area contributed by atoms with Crippen LogP contribution in [-0.4, -0.2) is 0 Å². The molecule has 94 valence electrons. The van der Waals surface area contributed by atoms with Crippen molar-refractivity contribution in [2.24, 2.45) is 0 Å². The molecule has 5 heteroatoms. The molecule has 2 rings (SSSR count). The summed E-state index contributed by atoms with van der Waals surface area (Å²) in [5.41, 5.74) is 6.11. The minimum atomic E-state index is -0.824. The zero-order chi connectivity index (χ0) is 13.3. The first-order chi connectivity index (χ1) is 8.47. The van der Waals surface area contributed by atoms with Gasteiger partial charge in [0.05, 0.1) is 0 Å². The molecule has 0 aliphatic rings. The Morgan fingerprint density at radius 2 is 1.72 bits per heavy atom. The number of anilines is 1. The van der Waals surface area contributed by atoms with E-state index in [4.69, 9.17) is 10.5 Å². The largest absolute Gasteiger partial charge is 0.451 e. The van der Waals surface area contributed by atoms with Gasteiger partial charge in [0.15, 0.2) is 17.4 Å². The smallest absolute Gasteiger partial charge is 0.198 e. The number of aryl methyl sites for hydroxylation is 1. The molecule has 2 nitrogen and oxygen atoms in total. The van der Waals surface area contributed by atoms with Gasteiger partial charge in [0.2, 0.25) is 0 Å². The van der Waals surface area contributed by atoms with Gasteiger partial charge < -0.3 is 10.5 Å². The zero-order valence-electron chi connectivity index (χ0n) is 9.51. The molecule has 0 aliphatic heterocycles. The van der Waals surface area contributed by atoms with E-state index in [9.17, 15) is 8.78 Å². The van der Waals surface area contributed by atoms with Gasteiger partial charge in [-0.3, -0.25) is 0 Å². The zero-order valence-corrected chi connectivity index (χ0v) is 11.1. The lowest BCUT2D eigenvalue weighted by molar-refractivity contribution is 0.406. The molecule has 0 atom stereocenters.